The molecule has 4 heteroatoms. The van der Waals surface area contributed by atoms with Crippen LogP contribution in [0.5, 0.6) is 11.5 Å². The van der Waals surface area contributed by atoms with Gasteiger partial charge in [0.2, 0.25) is 0 Å². The molecule has 0 aromatic heterocycles. The zero-order chi connectivity index (χ0) is 13.5. The highest BCUT2D eigenvalue weighted by atomic mass is 17.2. The van der Waals surface area contributed by atoms with Gasteiger partial charge in [-0.15, -0.1) is 0 Å². The maximum atomic E-state index is 6.99. The second-order valence-electron chi connectivity index (χ2n) is 3.75. The van der Waals surface area contributed by atoms with Crippen LogP contribution in [-0.2, 0) is 16.4 Å². The summed E-state index contributed by atoms with van der Waals surface area (Å²) in [5.74, 6) is 1.31. The van der Waals surface area contributed by atoms with Crippen molar-refractivity contribution in [3.05, 3.63) is 65.5 Å². The Bertz CT molecular complexity index is 590. The van der Waals surface area contributed by atoms with E-state index in [1.165, 1.54) is 7.11 Å². The Kier molecular flexibility index (Phi) is 4.51. The lowest BCUT2D eigenvalue weighted by Gasteiger charge is -2.10. The minimum Gasteiger partial charge on any atom is -0.458 e. The molecule has 0 N–H and O–H groups in total. The smallest absolute Gasteiger partial charge is 0.190 e. The van der Waals surface area contributed by atoms with Gasteiger partial charge < -0.3 is 4.74 Å². The van der Waals surface area contributed by atoms with Gasteiger partial charge in [0, 0.05) is 5.56 Å². The first-order chi connectivity index (χ1) is 9.33. The van der Waals surface area contributed by atoms with Crippen molar-refractivity contribution < 1.29 is 14.5 Å². The third-order valence-corrected chi connectivity index (χ3v) is 2.48. The van der Waals surface area contributed by atoms with E-state index in [2.05, 4.69) is 9.73 Å². The molecule has 2 rings (SSSR count). The molecular formula is C15H13NO3. The van der Waals surface area contributed by atoms with Crippen LogP contribution in [-0.4, -0.2) is 7.11 Å². The summed E-state index contributed by atoms with van der Waals surface area (Å²) in [6.07, 6.45) is 0. The van der Waals surface area contributed by atoms with E-state index in [0.717, 1.165) is 5.56 Å². The third kappa shape index (κ3) is 3.55. The molecule has 0 aliphatic carbocycles. The van der Waals surface area contributed by atoms with Gasteiger partial charge in [-0.05, 0) is 18.2 Å². The third-order valence-electron chi connectivity index (χ3n) is 2.48. The van der Waals surface area contributed by atoms with Crippen molar-refractivity contribution in [2.45, 2.75) is 6.61 Å². The van der Waals surface area contributed by atoms with Crippen LogP contribution in [0.15, 0.2) is 48.5 Å². The van der Waals surface area contributed by atoms with E-state index < -0.39 is 0 Å². The molecule has 19 heavy (non-hydrogen) atoms. The van der Waals surface area contributed by atoms with E-state index in [0.29, 0.717) is 23.8 Å². The summed E-state index contributed by atoms with van der Waals surface area (Å²) in [6.45, 7) is 7.29. The zero-order valence-electron chi connectivity index (χ0n) is 10.5. The Morgan fingerprint density at radius 2 is 1.95 bits per heavy atom. The first-order valence-electron chi connectivity index (χ1n) is 5.72. The lowest BCUT2D eigenvalue weighted by Crippen LogP contribution is -1.95. The summed E-state index contributed by atoms with van der Waals surface area (Å²) < 4.78 is 5.77. The van der Waals surface area contributed by atoms with Crippen molar-refractivity contribution in [2.24, 2.45) is 0 Å². The molecule has 0 amide bonds. The molecule has 2 aromatic carbocycles. The van der Waals surface area contributed by atoms with Crippen molar-refractivity contribution in [1.29, 1.82) is 0 Å². The number of para-hydroxylation sites is 1. The summed E-state index contributed by atoms with van der Waals surface area (Å²) >= 11 is 0. The molecule has 4 nitrogen and oxygen atoms in total. The lowest BCUT2D eigenvalue weighted by molar-refractivity contribution is -0.282. The van der Waals surface area contributed by atoms with Crippen LogP contribution in [0.25, 0.3) is 4.85 Å². The van der Waals surface area contributed by atoms with Crippen molar-refractivity contribution in [3.8, 4) is 11.5 Å². The highest BCUT2D eigenvalue weighted by Crippen LogP contribution is 2.28. The number of benzene rings is 2. The second kappa shape index (κ2) is 6.55. The normalized spacial score (nSPS) is 9.89. The van der Waals surface area contributed by atoms with Gasteiger partial charge >= 0.3 is 0 Å². The summed E-state index contributed by atoms with van der Waals surface area (Å²) in [5.41, 5.74) is 1.42. The molecule has 0 unspecified atom stereocenters. The first kappa shape index (κ1) is 13.1. The van der Waals surface area contributed by atoms with Gasteiger partial charge in [-0.1, -0.05) is 30.3 Å². The van der Waals surface area contributed by atoms with Crippen LogP contribution in [0.3, 0.4) is 0 Å². The van der Waals surface area contributed by atoms with Gasteiger partial charge in [0.05, 0.1) is 13.7 Å². The van der Waals surface area contributed by atoms with Crippen molar-refractivity contribution in [3.63, 3.8) is 0 Å². The monoisotopic (exact) mass is 255 g/mol. The Hall–Kier alpha value is -2.35. The topological polar surface area (TPSA) is 32.0 Å². The number of hydrogen-bond donors (Lipinski definition) is 0. The largest absolute Gasteiger partial charge is 0.458 e. The molecule has 96 valence electrons. The van der Waals surface area contributed by atoms with Gasteiger partial charge in [-0.3, -0.25) is 0 Å². The molecule has 0 saturated carbocycles. The van der Waals surface area contributed by atoms with Crippen LogP contribution < -0.4 is 4.74 Å². The Balaban J connectivity index is 2.20. The van der Waals surface area contributed by atoms with Gasteiger partial charge in [0.15, 0.2) is 5.69 Å². The van der Waals surface area contributed by atoms with E-state index in [9.17, 15) is 0 Å². The van der Waals surface area contributed by atoms with Gasteiger partial charge in [0.1, 0.15) is 18.1 Å². The minimum absolute atomic E-state index is 0.301. The predicted octanol–water partition coefficient (Wildman–Crippen LogP) is 4.11. The number of ether oxygens (including phenoxy) is 1. The van der Waals surface area contributed by atoms with E-state index in [1.54, 1.807) is 18.2 Å². The summed E-state index contributed by atoms with van der Waals surface area (Å²) in [4.78, 5) is 12.9. The SMILES string of the molecule is [C-]#[N+]c1cccc(Oc2ccccc2COOC)c1. The molecule has 0 aliphatic rings. The fourth-order valence-corrected chi connectivity index (χ4v) is 1.59. The maximum absolute atomic E-state index is 6.99. The number of hydrogen-bond acceptors (Lipinski definition) is 3. The fourth-order valence-electron chi connectivity index (χ4n) is 1.59. The Morgan fingerprint density at radius 1 is 1.11 bits per heavy atom. The fraction of sp³-hybridized carbons (Fsp3) is 0.133. The van der Waals surface area contributed by atoms with Crippen LogP contribution in [0.4, 0.5) is 5.69 Å². The van der Waals surface area contributed by atoms with Crippen molar-refractivity contribution in [2.75, 3.05) is 7.11 Å². The van der Waals surface area contributed by atoms with E-state index in [1.807, 2.05) is 30.3 Å². The molecule has 0 atom stereocenters. The Labute approximate surface area is 111 Å². The quantitative estimate of drug-likeness (QED) is 0.458. The molecule has 2 aromatic rings. The summed E-state index contributed by atoms with van der Waals surface area (Å²) in [5, 5.41) is 0. The van der Waals surface area contributed by atoms with Crippen molar-refractivity contribution in [1.82, 2.24) is 0 Å². The van der Waals surface area contributed by atoms with Crippen LogP contribution >= 0.6 is 0 Å². The minimum atomic E-state index is 0.301. The van der Waals surface area contributed by atoms with Crippen LogP contribution in [0, 0.1) is 6.57 Å². The molecule has 0 aliphatic heterocycles. The molecule has 0 fully saturated rings. The lowest BCUT2D eigenvalue weighted by atomic mass is 10.2. The van der Waals surface area contributed by atoms with Crippen molar-refractivity contribution >= 4 is 5.69 Å². The summed E-state index contributed by atoms with van der Waals surface area (Å²) in [7, 11) is 1.46. The van der Waals surface area contributed by atoms with E-state index in [-0.39, 0.29) is 0 Å². The highest BCUT2D eigenvalue weighted by molar-refractivity contribution is 5.50. The number of nitrogens with zero attached hydrogens (tertiary/aromatic N) is 1. The zero-order valence-corrected chi connectivity index (χ0v) is 10.5. The van der Waals surface area contributed by atoms with Gasteiger partial charge in [0.25, 0.3) is 0 Å². The first-order valence-corrected chi connectivity index (χ1v) is 5.72. The molecule has 0 bridgehead atoms. The average Bonchev–Trinajstić information content (AvgIpc) is 2.46. The highest BCUT2D eigenvalue weighted by Gasteiger charge is 2.05. The second-order valence-corrected chi connectivity index (χ2v) is 3.75. The van der Waals surface area contributed by atoms with Gasteiger partial charge in [-0.25, -0.2) is 14.6 Å². The average molecular weight is 255 g/mol. The standard InChI is InChI=1S/C15H13NO3/c1-16-13-7-5-8-14(10-13)19-15-9-4-3-6-12(15)11-18-17-2/h3-10H,11H2,2H3. The molecule has 0 saturated heterocycles. The molecule has 0 spiro atoms. The predicted molar refractivity (Wildman–Crippen MR) is 71.0 cm³/mol. The number of rotatable bonds is 5. The summed E-state index contributed by atoms with van der Waals surface area (Å²) in [6, 6.07) is 14.5. The molecule has 0 heterocycles. The molecular weight excluding hydrogens is 242 g/mol. The van der Waals surface area contributed by atoms with Crippen LogP contribution in [0.1, 0.15) is 5.56 Å². The van der Waals surface area contributed by atoms with Gasteiger partial charge in [-0.2, -0.15) is 0 Å². The maximum Gasteiger partial charge on any atom is 0.190 e. The van der Waals surface area contributed by atoms with E-state index in [4.69, 9.17) is 16.2 Å². The van der Waals surface area contributed by atoms with E-state index >= 15 is 0 Å². The molecule has 0 radical (unpaired) electrons. The Morgan fingerprint density at radius 3 is 2.74 bits per heavy atom. The van der Waals surface area contributed by atoms with Crippen LogP contribution in [0.2, 0.25) is 0 Å².